The summed E-state index contributed by atoms with van der Waals surface area (Å²) in [6, 6.07) is 31.7. The molecule has 0 saturated carbocycles. The lowest BCUT2D eigenvalue weighted by Crippen LogP contribution is -2.31. The van der Waals surface area contributed by atoms with Crippen molar-refractivity contribution in [2.75, 3.05) is 21.3 Å². The molecule has 0 spiro atoms. The Morgan fingerprint density at radius 2 is 0.870 bits per heavy atom. The van der Waals surface area contributed by atoms with Gasteiger partial charge in [-0.25, -0.2) is 18.2 Å². The zero-order chi connectivity index (χ0) is 38.2. The van der Waals surface area contributed by atoms with Gasteiger partial charge < -0.3 is 11.5 Å². The first-order valence-electron chi connectivity index (χ1n) is 17.0. The van der Waals surface area contributed by atoms with Crippen molar-refractivity contribution < 1.29 is 27.6 Å². The molecule has 2 heterocycles. The number of carbonyl (C=O) groups is 4. The van der Waals surface area contributed by atoms with Crippen molar-refractivity contribution in [1.82, 2.24) is 0 Å². The van der Waals surface area contributed by atoms with Crippen LogP contribution < -0.4 is 21.3 Å². The summed E-state index contributed by atoms with van der Waals surface area (Å²) in [6.45, 7) is 4.91. The van der Waals surface area contributed by atoms with Gasteiger partial charge in [-0.05, 0) is 139 Å². The quantitative estimate of drug-likeness (QED) is 0.131. The maximum absolute atomic E-state index is 14.1. The molecule has 8 rings (SSSR count). The SMILES string of the molecule is Cc1cc(N2C(=O)c3ccc(-c4ccc(N)cc4)cc3C2=O)ccc1S(=O)(=O)c1cc(C)c(N2C(=O)c3ccc(-c4ccc(N)cc4)cc3C2=O)c(C)c1. The molecule has 10 nitrogen and oxygen atoms in total. The van der Waals surface area contributed by atoms with Gasteiger partial charge in [0.25, 0.3) is 23.6 Å². The average molecular weight is 733 g/mol. The number of nitrogen functional groups attached to an aromatic ring is 2. The predicted molar refractivity (Wildman–Crippen MR) is 207 cm³/mol. The van der Waals surface area contributed by atoms with E-state index >= 15 is 0 Å². The number of anilines is 4. The molecule has 266 valence electrons. The summed E-state index contributed by atoms with van der Waals surface area (Å²) in [4.78, 5) is 56.5. The van der Waals surface area contributed by atoms with Crippen LogP contribution in [0.15, 0.2) is 125 Å². The fourth-order valence-electron chi connectivity index (χ4n) is 7.25. The highest BCUT2D eigenvalue weighted by Crippen LogP contribution is 2.39. The number of carbonyl (C=O) groups excluding carboxylic acids is 4. The second-order valence-corrected chi connectivity index (χ2v) is 15.4. The van der Waals surface area contributed by atoms with Gasteiger partial charge in [-0.1, -0.05) is 36.4 Å². The van der Waals surface area contributed by atoms with Crippen molar-refractivity contribution >= 4 is 56.2 Å². The van der Waals surface area contributed by atoms with Crippen LogP contribution in [0, 0.1) is 20.8 Å². The maximum atomic E-state index is 14.1. The van der Waals surface area contributed by atoms with Gasteiger partial charge in [-0.15, -0.1) is 0 Å². The van der Waals surface area contributed by atoms with E-state index in [1.54, 1.807) is 81.4 Å². The van der Waals surface area contributed by atoms with Crippen LogP contribution in [-0.4, -0.2) is 32.0 Å². The summed E-state index contributed by atoms with van der Waals surface area (Å²) in [7, 11) is -4.13. The number of benzene rings is 6. The maximum Gasteiger partial charge on any atom is 0.266 e. The summed E-state index contributed by atoms with van der Waals surface area (Å²) >= 11 is 0. The molecule has 4 amide bonds. The monoisotopic (exact) mass is 732 g/mol. The highest BCUT2D eigenvalue weighted by atomic mass is 32.2. The molecular weight excluding hydrogens is 701 g/mol. The van der Waals surface area contributed by atoms with Crippen LogP contribution in [0.25, 0.3) is 22.3 Å². The van der Waals surface area contributed by atoms with Crippen LogP contribution in [0.4, 0.5) is 22.7 Å². The first-order valence-corrected chi connectivity index (χ1v) is 18.5. The molecular formula is C43H32N4O6S. The van der Waals surface area contributed by atoms with E-state index in [1.807, 2.05) is 24.3 Å². The number of rotatable bonds is 6. The lowest BCUT2D eigenvalue weighted by Gasteiger charge is -2.21. The Balaban J connectivity index is 1.07. The fourth-order valence-corrected chi connectivity index (χ4v) is 8.90. The fraction of sp³-hybridized carbons (Fsp3) is 0.0698. The molecule has 11 heteroatoms. The minimum Gasteiger partial charge on any atom is -0.399 e. The van der Waals surface area contributed by atoms with E-state index in [4.69, 9.17) is 11.5 Å². The number of sulfone groups is 1. The Morgan fingerprint density at radius 1 is 0.444 bits per heavy atom. The van der Waals surface area contributed by atoms with E-state index in [1.165, 1.54) is 30.3 Å². The summed E-state index contributed by atoms with van der Waals surface area (Å²) in [6.07, 6.45) is 0. The third-order valence-corrected chi connectivity index (χ3v) is 11.9. The first kappa shape index (κ1) is 34.2. The molecule has 0 aliphatic carbocycles. The van der Waals surface area contributed by atoms with Crippen molar-refractivity contribution in [3.8, 4) is 22.3 Å². The van der Waals surface area contributed by atoms with Crippen molar-refractivity contribution in [2.45, 2.75) is 30.6 Å². The molecule has 0 fully saturated rings. The zero-order valence-electron chi connectivity index (χ0n) is 29.4. The number of nitrogens with zero attached hydrogens (tertiary/aromatic N) is 2. The highest BCUT2D eigenvalue weighted by molar-refractivity contribution is 7.91. The van der Waals surface area contributed by atoms with E-state index in [0.717, 1.165) is 32.1 Å². The number of fused-ring (bicyclic) bond motifs is 2. The molecule has 0 aromatic heterocycles. The van der Waals surface area contributed by atoms with Gasteiger partial charge in [-0.2, -0.15) is 0 Å². The van der Waals surface area contributed by atoms with E-state index in [9.17, 15) is 27.6 Å². The number of nitrogens with two attached hydrogens (primary N) is 2. The Labute approximate surface area is 311 Å². The molecule has 0 bridgehead atoms. The molecule has 0 radical (unpaired) electrons. The topological polar surface area (TPSA) is 161 Å². The first-order chi connectivity index (χ1) is 25.7. The third-order valence-electron chi connectivity index (χ3n) is 9.97. The van der Waals surface area contributed by atoms with Crippen LogP contribution in [0.1, 0.15) is 58.1 Å². The Kier molecular flexibility index (Phi) is 7.86. The van der Waals surface area contributed by atoms with Crippen LogP contribution in [0.2, 0.25) is 0 Å². The van der Waals surface area contributed by atoms with Crippen molar-refractivity contribution in [3.05, 3.63) is 154 Å². The number of hydrogen-bond donors (Lipinski definition) is 2. The Morgan fingerprint density at radius 3 is 1.35 bits per heavy atom. The standard InChI is InChI=1S/C43H32N4O6S/c1-23-18-32(46-40(48)34-15-8-28(21-36(34)42(46)50)26-4-10-30(44)11-5-26)14-17-38(23)54(52,53)33-19-24(2)39(25(3)20-33)47-41(49)35-16-9-29(22-37(35)43(47)51)27-6-12-31(45)13-7-27/h4-22H,44-45H2,1-3H3. The van der Waals surface area contributed by atoms with Gasteiger partial charge in [-0.3, -0.25) is 19.2 Å². The van der Waals surface area contributed by atoms with Crippen molar-refractivity contribution in [2.24, 2.45) is 0 Å². The second kappa shape index (κ2) is 12.4. The largest absolute Gasteiger partial charge is 0.399 e. The minimum absolute atomic E-state index is 0.0176. The molecule has 6 aromatic rings. The van der Waals surface area contributed by atoms with Gasteiger partial charge >= 0.3 is 0 Å². The number of aryl methyl sites for hydroxylation is 3. The number of amides is 4. The molecule has 4 N–H and O–H groups in total. The molecule has 2 aliphatic rings. The third kappa shape index (κ3) is 5.36. The lowest BCUT2D eigenvalue weighted by atomic mass is 10.00. The summed E-state index contributed by atoms with van der Waals surface area (Å²) < 4.78 is 28.2. The lowest BCUT2D eigenvalue weighted by molar-refractivity contribution is 0.0910. The molecule has 0 saturated heterocycles. The van der Waals surface area contributed by atoms with E-state index in [0.29, 0.717) is 33.8 Å². The van der Waals surface area contributed by atoms with Crippen molar-refractivity contribution in [1.29, 1.82) is 0 Å². The summed E-state index contributed by atoms with van der Waals surface area (Å²) in [5.41, 5.74) is 18.7. The predicted octanol–water partition coefficient (Wildman–Crippen LogP) is 7.54. The Bertz CT molecular complexity index is 2730. The molecule has 0 atom stereocenters. The van der Waals surface area contributed by atoms with Crippen molar-refractivity contribution in [3.63, 3.8) is 0 Å². The molecule has 2 aliphatic heterocycles. The molecule has 0 unspecified atom stereocenters. The van der Waals surface area contributed by atoms with Gasteiger partial charge in [0.2, 0.25) is 9.84 Å². The number of imide groups is 2. The van der Waals surface area contributed by atoms with Gasteiger partial charge in [0.15, 0.2) is 0 Å². The van der Waals surface area contributed by atoms with Crippen LogP contribution in [0.5, 0.6) is 0 Å². The number of hydrogen-bond acceptors (Lipinski definition) is 8. The van der Waals surface area contributed by atoms with Gasteiger partial charge in [0.05, 0.1) is 43.4 Å². The van der Waals surface area contributed by atoms with E-state index in [2.05, 4.69) is 0 Å². The molecule has 6 aromatic carbocycles. The van der Waals surface area contributed by atoms with Crippen LogP contribution in [-0.2, 0) is 9.84 Å². The van der Waals surface area contributed by atoms with Crippen LogP contribution >= 0.6 is 0 Å². The Hall–Kier alpha value is -6.85. The van der Waals surface area contributed by atoms with E-state index < -0.39 is 33.5 Å². The molecule has 54 heavy (non-hydrogen) atoms. The normalized spacial score (nSPS) is 13.8. The average Bonchev–Trinajstić information content (AvgIpc) is 3.54. The smallest absolute Gasteiger partial charge is 0.266 e. The van der Waals surface area contributed by atoms with Crippen LogP contribution in [0.3, 0.4) is 0 Å². The minimum atomic E-state index is -4.13. The van der Waals surface area contributed by atoms with Gasteiger partial charge in [0, 0.05) is 11.4 Å². The summed E-state index contributed by atoms with van der Waals surface area (Å²) in [5.74, 6) is -2.03. The van der Waals surface area contributed by atoms with E-state index in [-0.39, 0.29) is 37.7 Å². The zero-order valence-corrected chi connectivity index (χ0v) is 30.2. The second-order valence-electron chi connectivity index (χ2n) is 13.5. The highest BCUT2D eigenvalue weighted by Gasteiger charge is 2.40. The van der Waals surface area contributed by atoms with Gasteiger partial charge in [0.1, 0.15) is 0 Å². The summed E-state index contributed by atoms with van der Waals surface area (Å²) in [5, 5.41) is 0.